The maximum Gasteiger partial charge on any atom is 0.232 e. The van der Waals surface area contributed by atoms with Gasteiger partial charge in [0.25, 0.3) is 0 Å². The van der Waals surface area contributed by atoms with Crippen LogP contribution in [0.25, 0.3) is 0 Å². The summed E-state index contributed by atoms with van der Waals surface area (Å²) in [5.41, 5.74) is 0. The number of aromatic nitrogens is 2. The van der Waals surface area contributed by atoms with Crippen molar-refractivity contribution in [1.82, 2.24) is 10.1 Å². The molecule has 2 fully saturated rings. The van der Waals surface area contributed by atoms with Gasteiger partial charge in [-0.15, -0.1) is 11.8 Å². The van der Waals surface area contributed by atoms with Gasteiger partial charge in [-0.05, 0) is 12.8 Å². The molecule has 1 N–H and O–H groups in total. The van der Waals surface area contributed by atoms with Gasteiger partial charge in [-0.3, -0.25) is 0 Å². The summed E-state index contributed by atoms with van der Waals surface area (Å²) in [7, 11) is 0. The van der Waals surface area contributed by atoms with Gasteiger partial charge < -0.3 is 9.63 Å². The monoisotopic (exact) mass is 314 g/mol. The van der Waals surface area contributed by atoms with Crippen molar-refractivity contribution in [2.24, 2.45) is 0 Å². The topological polar surface area (TPSA) is 59.2 Å². The number of nitrogens with zero attached hydrogens (tertiary/aromatic N) is 2. The van der Waals surface area contributed by atoms with Crippen LogP contribution in [0.4, 0.5) is 0 Å². The van der Waals surface area contributed by atoms with E-state index in [0.717, 1.165) is 37.3 Å². The largest absolute Gasteiger partial charge is 0.392 e. The molecule has 4 nitrogen and oxygen atoms in total. The van der Waals surface area contributed by atoms with Crippen LogP contribution < -0.4 is 0 Å². The first-order valence-corrected chi connectivity index (χ1v) is 9.43. The zero-order valence-corrected chi connectivity index (χ0v) is 13.6. The Morgan fingerprint density at radius 3 is 2.75 bits per heavy atom. The van der Waals surface area contributed by atoms with Crippen molar-refractivity contribution >= 4 is 23.5 Å². The van der Waals surface area contributed by atoms with Crippen molar-refractivity contribution in [2.75, 3.05) is 5.75 Å². The average molecular weight is 314 g/mol. The second-order valence-electron chi connectivity index (χ2n) is 5.82. The fourth-order valence-electron chi connectivity index (χ4n) is 2.85. The Bertz CT molecular complexity index is 454. The molecule has 2 aliphatic rings. The molecule has 6 heteroatoms. The van der Waals surface area contributed by atoms with Crippen molar-refractivity contribution in [3.8, 4) is 0 Å². The summed E-state index contributed by atoms with van der Waals surface area (Å²) >= 11 is 3.92. The SMILES string of the molecule is CC1SCC(c2noc(C3CCCCC3O)n2)SC1C. The summed E-state index contributed by atoms with van der Waals surface area (Å²) in [4.78, 5) is 4.60. The molecular formula is C14H22N2O2S2. The number of hydrogen-bond acceptors (Lipinski definition) is 6. The van der Waals surface area contributed by atoms with E-state index in [0.29, 0.717) is 21.6 Å². The normalized spacial score (nSPS) is 38.9. The first-order chi connectivity index (χ1) is 9.65. The highest BCUT2D eigenvalue weighted by Gasteiger charge is 2.33. The van der Waals surface area contributed by atoms with Gasteiger partial charge in [0, 0.05) is 16.3 Å². The highest BCUT2D eigenvalue weighted by molar-refractivity contribution is 8.07. The minimum atomic E-state index is -0.315. The predicted molar refractivity (Wildman–Crippen MR) is 83.2 cm³/mol. The van der Waals surface area contributed by atoms with Gasteiger partial charge in [0.2, 0.25) is 5.89 Å². The van der Waals surface area contributed by atoms with Crippen LogP contribution in [0, 0.1) is 0 Å². The zero-order chi connectivity index (χ0) is 14.1. The molecular weight excluding hydrogens is 292 g/mol. The molecule has 20 heavy (non-hydrogen) atoms. The summed E-state index contributed by atoms with van der Waals surface area (Å²) in [6.07, 6.45) is 3.74. The van der Waals surface area contributed by atoms with E-state index >= 15 is 0 Å². The molecule has 0 aromatic carbocycles. The summed E-state index contributed by atoms with van der Waals surface area (Å²) < 4.78 is 5.45. The van der Waals surface area contributed by atoms with Gasteiger partial charge in [-0.1, -0.05) is 31.8 Å². The van der Waals surface area contributed by atoms with E-state index < -0.39 is 0 Å². The van der Waals surface area contributed by atoms with Crippen LogP contribution in [0.5, 0.6) is 0 Å². The fourth-order valence-corrected chi connectivity index (χ4v) is 5.68. The maximum atomic E-state index is 10.1. The molecule has 5 atom stereocenters. The molecule has 1 saturated heterocycles. The van der Waals surface area contributed by atoms with E-state index in [4.69, 9.17) is 4.52 Å². The van der Waals surface area contributed by atoms with E-state index in [2.05, 4.69) is 24.0 Å². The number of hydrogen-bond donors (Lipinski definition) is 1. The lowest BCUT2D eigenvalue weighted by Gasteiger charge is -2.29. The van der Waals surface area contributed by atoms with Gasteiger partial charge >= 0.3 is 0 Å². The molecule has 5 unspecified atom stereocenters. The Hall–Kier alpha value is -0.200. The smallest absolute Gasteiger partial charge is 0.232 e. The molecule has 112 valence electrons. The third-order valence-electron chi connectivity index (χ3n) is 4.34. The third-order valence-corrected chi connectivity index (χ3v) is 7.73. The second kappa shape index (κ2) is 6.28. The number of aliphatic hydroxyl groups excluding tert-OH is 1. The van der Waals surface area contributed by atoms with Crippen LogP contribution in [0.15, 0.2) is 4.52 Å². The van der Waals surface area contributed by atoms with Gasteiger partial charge in [0.05, 0.1) is 17.3 Å². The molecule has 1 aromatic rings. The van der Waals surface area contributed by atoms with Crippen LogP contribution in [0.1, 0.15) is 62.4 Å². The Morgan fingerprint density at radius 2 is 2.00 bits per heavy atom. The van der Waals surface area contributed by atoms with Crippen LogP contribution in [0.3, 0.4) is 0 Å². The molecule has 0 spiro atoms. The standard InChI is InChI=1S/C14H22N2O2S2/c1-8-9(2)20-12(7-19-8)13-15-14(18-16-13)10-5-3-4-6-11(10)17/h8-12,17H,3-7H2,1-2H3. The molecule has 1 saturated carbocycles. The Labute approximate surface area is 128 Å². The van der Waals surface area contributed by atoms with E-state index in [1.165, 1.54) is 0 Å². The fraction of sp³-hybridized carbons (Fsp3) is 0.857. The predicted octanol–water partition coefficient (Wildman–Crippen LogP) is 3.39. The molecule has 1 aromatic heterocycles. The van der Waals surface area contributed by atoms with E-state index in [1.54, 1.807) is 0 Å². The van der Waals surface area contributed by atoms with Gasteiger partial charge in [-0.2, -0.15) is 16.7 Å². The van der Waals surface area contributed by atoms with Crippen molar-refractivity contribution in [1.29, 1.82) is 0 Å². The van der Waals surface area contributed by atoms with Crippen molar-refractivity contribution < 1.29 is 9.63 Å². The molecule has 0 radical (unpaired) electrons. The Balaban J connectivity index is 1.70. The first-order valence-electron chi connectivity index (χ1n) is 7.43. The molecule has 0 bridgehead atoms. The lowest BCUT2D eigenvalue weighted by molar-refractivity contribution is 0.0908. The van der Waals surface area contributed by atoms with E-state index in [9.17, 15) is 5.11 Å². The molecule has 1 aliphatic heterocycles. The lowest BCUT2D eigenvalue weighted by atomic mass is 9.86. The summed E-state index contributed by atoms with van der Waals surface area (Å²) in [6.45, 7) is 4.54. The molecule has 2 heterocycles. The second-order valence-corrected chi connectivity index (χ2v) is 8.81. The van der Waals surface area contributed by atoms with Crippen molar-refractivity contribution in [2.45, 2.75) is 67.3 Å². The first kappa shape index (κ1) is 14.7. The van der Waals surface area contributed by atoms with Crippen molar-refractivity contribution in [3.05, 3.63) is 11.7 Å². The number of thioether (sulfide) groups is 2. The minimum Gasteiger partial charge on any atom is -0.392 e. The quantitative estimate of drug-likeness (QED) is 0.903. The van der Waals surface area contributed by atoms with Gasteiger partial charge in [0.15, 0.2) is 5.82 Å². The maximum absolute atomic E-state index is 10.1. The molecule has 3 rings (SSSR count). The number of aliphatic hydroxyl groups is 1. The van der Waals surface area contributed by atoms with E-state index in [-0.39, 0.29) is 12.0 Å². The number of rotatable bonds is 2. The Morgan fingerprint density at radius 1 is 1.20 bits per heavy atom. The lowest BCUT2D eigenvalue weighted by Crippen LogP contribution is -2.23. The zero-order valence-electron chi connectivity index (χ0n) is 12.0. The minimum absolute atomic E-state index is 0.0441. The Kier molecular flexibility index (Phi) is 4.62. The van der Waals surface area contributed by atoms with Crippen LogP contribution in [0.2, 0.25) is 0 Å². The van der Waals surface area contributed by atoms with Gasteiger partial charge in [-0.25, -0.2) is 0 Å². The molecule has 1 aliphatic carbocycles. The third kappa shape index (κ3) is 3.02. The van der Waals surface area contributed by atoms with Crippen LogP contribution in [-0.2, 0) is 0 Å². The van der Waals surface area contributed by atoms with Crippen LogP contribution >= 0.6 is 23.5 Å². The van der Waals surface area contributed by atoms with Gasteiger partial charge in [0.1, 0.15) is 0 Å². The van der Waals surface area contributed by atoms with Crippen LogP contribution in [-0.4, -0.2) is 37.6 Å². The van der Waals surface area contributed by atoms with Crippen molar-refractivity contribution in [3.63, 3.8) is 0 Å². The highest BCUT2D eigenvalue weighted by atomic mass is 32.2. The highest BCUT2D eigenvalue weighted by Crippen LogP contribution is 2.43. The van der Waals surface area contributed by atoms with E-state index in [1.807, 2.05) is 23.5 Å². The summed E-state index contributed by atoms with van der Waals surface area (Å²) in [6, 6.07) is 0. The summed E-state index contributed by atoms with van der Waals surface area (Å²) in [5.74, 6) is 2.54. The summed E-state index contributed by atoms with van der Waals surface area (Å²) in [5, 5.41) is 15.9. The average Bonchev–Trinajstić information content (AvgIpc) is 2.92. The molecule has 0 amide bonds.